The van der Waals surface area contributed by atoms with Gasteiger partial charge in [-0.3, -0.25) is 15.1 Å². The van der Waals surface area contributed by atoms with Crippen molar-refractivity contribution in [2.75, 3.05) is 11.9 Å². The topological polar surface area (TPSA) is 85.9 Å². The molecular weight excluding hydrogens is 270 g/mol. The molecular formula is C14H13N5O2. The van der Waals surface area contributed by atoms with Crippen LogP contribution in [-0.4, -0.2) is 26.0 Å². The molecule has 0 unspecified atom stereocenters. The summed E-state index contributed by atoms with van der Waals surface area (Å²) in [6.07, 6.45) is 8.56. The molecule has 0 radical (unpaired) electrons. The fraction of sp³-hybridized carbons (Fsp3) is 0.143. The van der Waals surface area contributed by atoms with Crippen molar-refractivity contribution in [2.24, 2.45) is 0 Å². The fourth-order valence-electron chi connectivity index (χ4n) is 2.23. The summed E-state index contributed by atoms with van der Waals surface area (Å²) in [5.74, 6) is 0. The first-order valence-corrected chi connectivity index (χ1v) is 6.46. The van der Waals surface area contributed by atoms with Crippen molar-refractivity contribution in [1.82, 2.24) is 14.5 Å². The third kappa shape index (κ3) is 2.66. The van der Waals surface area contributed by atoms with Crippen LogP contribution < -0.4 is 5.32 Å². The van der Waals surface area contributed by atoms with Crippen LogP contribution in [0.2, 0.25) is 0 Å². The molecule has 0 saturated heterocycles. The largest absolute Gasteiger partial charge is 0.383 e. The molecule has 21 heavy (non-hydrogen) atoms. The van der Waals surface area contributed by atoms with Crippen molar-refractivity contribution in [1.29, 1.82) is 0 Å². The highest BCUT2D eigenvalue weighted by atomic mass is 16.6. The molecule has 2 aromatic heterocycles. The van der Waals surface area contributed by atoms with Gasteiger partial charge in [0.05, 0.1) is 16.6 Å². The lowest BCUT2D eigenvalue weighted by molar-refractivity contribution is -0.383. The van der Waals surface area contributed by atoms with Gasteiger partial charge in [-0.2, -0.15) is 0 Å². The second-order valence-corrected chi connectivity index (χ2v) is 4.54. The number of hydrogen-bond acceptors (Lipinski definition) is 5. The molecule has 0 saturated carbocycles. The van der Waals surface area contributed by atoms with Crippen molar-refractivity contribution in [2.45, 2.75) is 6.54 Å². The predicted molar refractivity (Wildman–Crippen MR) is 79.1 cm³/mol. The SMILES string of the molecule is O=[N+]([O-])c1ccc(NCCn2ccnc2)c2cnccc12. The highest BCUT2D eigenvalue weighted by molar-refractivity contribution is 5.99. The van der Waals surface area contributed by atoms with Gasteiger partial charge in [0, 0.05) is 55.0 Å². The van der Waals surface area contributed by atoms with Crippen LogP contribution in [0.4, 0.5) is 11.4 Å². The van der Waals surface area contributed by atoms with Gasteiger partial charge in [-0.05, 0) is 12.1 Å². The Balaban J connectivity index is 1.85. The number of nitrogens with zero attached hydrogens (tertiary/aromatic N) is 4. The maximum Gasteiger partial charge on any atom is 0.277 e. The number of nitro benzene ring substituents is 1. The number of nitro groups is 1. The van der Waals surface area contributed by atoms with Crippen molar-refractivity contribution >= 4 is 22.1 Å². The van der Waals surface area contributed by atoms with Crippen LogP contribution in [0.15, 0.2) is 49.3 Å². The highest BCUT2D eigenvalue weighted by Crippen LogP contribution is 2.30. The summed E-state index contributed by atoms with van der Waals surface area (Å²) < 4.78 is 1.96. The van der Waals surface area contributed by atoms with E-state index in [1.807, 2.05) is 10.8 Å². The number of nitrogens with one attached hydrogen (secondary N) is 1. The van der Waals surface area contributed by atoms with Gasteiger partial charge in [0.1, 0.15) is 0 Å². The number of pyridine rings is 1. The Hall–Kier alpha value is -2.96. The van der Waals surface area contributed by atoms with Crippen LogP contribution in [0.5, 0.6) is 0 Å². The molecule has 0 amide bonds. The Bertz CT molecular complexity index is 770. The molecule has 2 heterocycles. The van der Waals surface area contributed by atoms with Gasteiger partial charge in [-0.1, -0.05) is 0 Å². The summed E-state index contributed by atoms with van der Waals surface area (Å²) in [7, 11) is 0. The average Bonchev–Trinajstić information content (AvgIpc) is 3.00. The van der Waals surface area contributed by atoms with Crippen LogP contribution >= 0.6 is 0 Å². The molecule has 106 valence electrons. The average molecular weight is 283 g/mol. The van der Waals surface area contributed by atoms with E-state index < -0.39 is 0 Å². The van der Waals surface area contributed by atoms with Gasteiger partial charge in [0.15, 0.2) is 0 Å². The van der Waals surface area contributed by atoms with Crippen LogP contribution in [0, 0.1) is 10.1 Å². The number of rotatable bonds is 5. The standard InChI is InChI=1S/C14H13N5O2/c20-19(21)14-2-1-13(12-9-15-4-3-11(12)14)17-6-8-18-7-5-16-10-18/h1-5,7,9-10,17H,6,8H2. The van der Waals surface area contributed by atoms with Crippen molar-refractivity contribution in [3.8, 4) is 0 Å². The molecule has 3 rings (SSSR count). The van der Waals surface area contributed by atoms with Crippen molar-refractivity contribution < 1.29 is 4.92 Å². The molecule has 0 fully saturated rings. The molecule has 7 nitrogen and oxygen atoms in total. The van der Waals surface area contributed by atoms with Gasteiger partial charge >= 0.3 is 0 Å². The quantitative estimate of drug-likeness (QED) is 0.574. The minimum Gasteiger partial charge on any atom is -0.383 e. The Labute approximate surface area is 120 Å². The Morgan fingerprint density at radius 2 is 2.10 bits per heavy atom. The first-order chi connectivity index (χ1) is 10.3. The number of imidazole rings is 1. The van der Waals surface area contributed by atoms with Gasteiger partial charge < -0.3 is 9.88 Å². The zero-order valence-corrected chi connectivity index (χ0v) is 11.1. The third-order valence-corrected chi connectivity index (χ3v) is 3.24. The second kappa shape index (κ2) is 5.58. The van der Waals surface area contributed by atoms with E-state index in [0.717, 1.165) is 17.6 Å². The zero-order valence-electron chi connectivity index (χ0n) is 11.1. The molecule has 0 aliphatic rings. The van der Waals surface area contributed by atoms with E-state index in [9.17, 15) is 10.1 Å². The Morgan fingerprint density at radius 1 is 1.19 bits per heavy atom. The number of hydrogen-bond donors (Lipinski definition) is 1. The summed E-state index contributed by atoms with van der Waals surface area (Å²) in [6.45, 7) is 1.46. The summed E-state index contributed by atoms with van der Waals surface area (Å²) in [6, 6.07) is 4.90. The maximum absolute atomic E-state index is 11.1. The van der Waals surface area contributed by atoms with Crippen LogP contribution in [0.3, 0.4) is 0 Å². The van der Waals surface area contributed by atoms with Crippen molar-refractivity contribution in [3.63, 3.8) is 0 Å². The monoisotopic (exact) mass is 283 g/mol. The van der Waals surface area contributed by atoms with Gasteiger partial charge in [-0.25, -0.2) is 4.98 Å². The number of benzene rings is 1. The number of fused-ring (bicyclic) bond motifs is 1. The molecule has 3 aromatic rings. The molecule has 0 spiro atoms. The predicted octanol–water partition coefficient (Wildman–Crippen LogP) is 2.45. The van der Waals surface area contributed by atoms with Gasteiger partial charge in [0.25, 0.3) is 5.69 Å². The van der Waals surface area contributed by atoms with E-state index in [0.29, 0.717) is 11.9 Å². The summed E-state index contributed by atoms with van der Waals surface area (Å²) in [5.41, 5.74) is 0.927. The minimum absolute atomic E-state index is 0.0903. The maximum atomic E-state index is 11.1. The molecule has 7 heteroatoms. The molecule has 0 bridgehead atoms. The van der Waals surface area contributed by atoms with E-state index in [2.05, 4.69) is 15.3 Å². The lowest BCUT2D eigenvalue weighted by Crippen LogP contribution is -2.09. The summed E-state index contributed by atoms with van der Waals surface area (Å²) in [4.78, 5) is 18.7. The van der Waals surface area contributed by atoms with Gasteiger partial charge in [-0.15, -0.1) is 0 Å². The number of anilines is 1. The van der Waals surface area contributed by atoms with Crippen LogP contribution in [-0.2, 0) is 6.54 Å². The molecule has 0 aliphatic heterocycles. The summed E-state index contributed by atoms with van der Waals surface area (Å²) >= 11 is 0. The molecule has 0 atom stereocenters. The lowest BCUT2D eigenvalue weighted by atomic mass is 10.1. The lowest BCUT2D eigenvalue weighted by Gasteiger charge is -2.10. The first kappa shape index (κ1) is 13.0. The van der Waals surface area contributed by atoms with Crippen LogP contribution in [0.1, 0.15) is 0 Å². The minimum atomic E-state index is -0.377. The first-order valence-electron chi connectivity index (χ1n) is 6.46. The fourth-order valence-corrected chi connectivity index (χ4v) is 2.23. The zero-order chi connectivity index (χ0) is 14.7. The number of non-ortho nitro benzene ring substituents is 1. The van der Waals surface area contributed by atoms with Crippen LogP contribution in [0.25, 0.3) is 10.8 Å². The Morgan fingerprint density at radius 3 is 2.86 bits per heavy atom. The van der Waals surface area contributed by atoms with E-state index >= 15 is 0 Å². The van der Waals surface area contributed by atoms with E-state index in [1.165, 1.54) is 6.07 Å². The normalized spacial score (nSPS) is 10.7. The molecule has 0 aliphatic carbocycles. The van der Waals surface area contributed by atoms with E-state index in [1.54, 1.807) is 37.1 Å². The molecule has 1 aromatic carbocycles. The second-order valence-electron chi connectivity index (χ2n) is 4.54. The van der Waals surface area contributed by atoms with E-state index in [-0.39, 0.29) is 10.6 Å². The van der Waals surface area contributed by atoms with Gasteiger partial charge in [0.2, 0.25) is 0 Å². The smallest absolute Gasteiger partial charge is 0.277 e. The Kier molecular flexibility index (Phi) is 3.46. The number of aromatic nitrogens is 3. The summed E-state index contributed by atoms with van der Waals surface area (Å²) in [5, 5.41) is 15.7. The molecule has 1 N–H and O–H groups in total. The third-order valence-electron chi connectivity index (χ3n) is 3.24. The highest BCUT2D eigenvalue weighted by Gasteiger charge is 2.13. The van der Waals surface area contributed by atoms with E-state index in [4.69, 9.17) is 0 Å². The van der Waals surface area contributed by atoms with Crippen molar-refractivity contribution in [3.05, 3.63) is 59.4 Å².